The lowest BCUT2D eigenvalue weighted by Crippen LogP contribution is -2.31. The quantitative estimate of drug-likeness (QED) is 0.661. The highest BCUT2D eigenvalue weighted by molar-refractivity contribution is 5.86. The Morgan fingerprint density at radius 3 is 2.30 bits per heavy atom. The average Bonchev–Trinajstić information content (AvgIpc) is 2.79. The minimum absolute atomic E-state index is 0.0985. The number of nitriles is 2. The number of nitrogen functional groups attached to an aromatic ring is 1. The molecule has 148 valence electrons. The van der Waals surface area contributed by atoms with Crippen molar-refractivity contribution in [3.8, 4) is 34.5 Å². The number of benzene rings is 1. The van der Waals surface area contributed by atoms with Crippen LogP contribution in [0.25, 0.3) is 22.4 Å². The first-order chi connectivity index (χ1) is 14.6. The lowest BCUT2D eigenvalue weighted by molar-refractivity contribution is 0.573. The highest BCUT2D eigenvalue weighted by atomic mass is 19.1. The summed E-state index contributed by atoms with van der Waals surface area (Å²) in [6.45, 7) is 1.58. The maximum Gasteiger partial charge on any atom is 0.213 e. The molecule has 3 heterocycles. The zero-order valence-corrected chi connectivity index (χ0v) is 16.3. The van der Waals surface area contributed by atoms with Crippen LogP contribution in [-0.4, -0.2) is 23.1 Å². The molecular weight excluding hydrogens is 379 g/mol. The summed E-state index contributed by atoms with van der Waals surface area (Å²) in [5, 5.41) is 19.7. The third kappa shape index (κ3) is 3.54. The van der Waals surface area contributed by atoms with E-state index in [1.807, 2.05) is 0 Å². The van der Waals surface area contributed by atoms with E-state index in [2.05, 4.69) is 27.0 Å². The summed E-state index contributed by atoms with van der Waals surface area (Å²) in [4.78, 5) is 10.4. The molecule has 1 saturated heterocycles. The molecule has 0 saturated carbocycles. The first-order valence-corrected chi connectivity index (χ1v) is 9.74. The van der Waals surface area contributed by atoms with Crippen LogP contribution in [0.4, 0.5) is 16.0 Å². The van der Waals surface area contributed by atoms with Gasteiger partial charge in [-0.3, -0.25) is 0 Å². The summed E-state index contributed by atoms with van der Waals surface area (Å²) in [6, 6.07) is 16.1. The fourth-order valence-corrected chi connectivity index (χ4v) is 3.84. The maximum atomic E-state index is 13.6. The van der Waals surface area contributed by atoms with Crippen LogP contribution in [-0.2, 0) is 0 Å². The molecule has 0 unspecified atom stereocenters. The Bertz CT molecular complexity index is 1190. The Labute approximate surface area is 174 Å². The normalized spacial score (nSPS) is 13.5. The fourth-order valence-electron chi connectivity index (χ4n) is 3.84. The lowest BCUT2D eigenvalue weighted by atomic mass is 9.93. The number of rotatable bonds is 3. The number of nitrogens with two attached hydrogens (primary N) is 1. The van der Waals surface area contributed by atoms with Gasteiger partial charge in [-0.1, -0.05) is 24.3 Å². The number of anilines is 2. The van der Waals surface area contributed by atoms with E-state index in [0.717, 1.165) is 32.4 Å². The monoisotopic (exact) mass is 398 g/mol. The van der Waals surface area contributed by atoms with E-state index in [4.69, 9.17) is 5.73 Å². The number of hydrogen-bond donors (Lipinski definition) is 1. The summed E-state index contributed by atoms with van der Waals surface area (Å²) in [6.07, 6.45) is 3.17. The van der Waals surface area contributed by atoms with Gasteiger partial charge < -0.3 is 10.6 Å². The van der Waals surface area contributed by atoms with Crippen LogP contribution >= 0.6 is 0 Å². The highest BCUT2D eigenvalue weighted by Gasteiger charge is 2.24. The molecule has 4 rings (SSSR count). The van der Waals surface area contributed by atoms with Gasteiger partial charge in [0.25, 0.3) is 0 Å². The lowest BCUT2D eigenvalue weighted by Gasteiger charge is -2.29. The summed E-state index contributed by atoms with van der Waals surface area (Å²) < 4.78 is 13.6. The Hall–Kier alpha value is -3.97. The highest BCUT2D eigenvalue weighted by Crippen LogP contribution is 2.37. The van der Waals surface area contributed by atoms with Gasteiger partial charge in [0.15, 0.2) is 0 Å². The van der Waals surface area contributed by atoms with Gasteiger partial charge in [0.2, 0.25) is 5.95 Å². The van der Waals surface area contributed by atoms with E-state index in [1.165, 1.54) is 6.07 Å². The summed E-state index contributed by atoms with van der Waals surface area (Å²) >= 11 is 0. The molecule has 0 aliphatic carbocycles. The van der Waals surface area contributed by atoms with Crippen molar-refractivity contribution < 1.29 is 4.39 Å². The number of nitrogens with zero attached hydrogens (tertiary/aromatic N) is 5. The van der Waals surface area contributed by atoms with E-state index in [9.17, 15) is 14.9 Å². The van der Waals surface area contributed by atoms with Crippen LogP contribution in [0.5, 0.6) is 0 Å². The molecule has 1 aromatic carbocycles. The van der Waals surface area contributed by atoms with Gasteiger partial charge in [-0.05, 0) is 43.0 Å². The largest absolute Gasteiger partial charge is 0.383 e. The smallest absolute Gasteiger partial charge is 0.213 e. The predicted octanol–water partition coefficient (Wildman–Crippen LogP) is 4.27. The zero-order valence-electron chi connectivity index (χ0n) is 16.3. The molecular formula is C23H19FN6. The molecule has 1 aliphatic rings. The summed E-state index contributed by atoms with van der Waals surface area (Å²) in [7, 11) is 0. The molecule has 1 aliphatic heterocycles. The Balaban J connectivity index is 1.92. The van der Waals surface area contributed by atoms with Crippen molar-refractivity contribution in [2.45, 2.75) is 19.3 Å². The van der Waals surface area contributed by atoms with Gasteiger partial charge in [0.1, 0.15) is 34.9 Å². The van der Waals surface area contributed by atoms with Crippen molar-refractivity contribution in [2.24, 2.45) is 0 Å². The van der Waals surface area contributed by atoms with Crippen LogP contribution in [0.15, 0.2) is 42.5 Å². The van der Waals surface area contributed by atoms with E-state index in [-0.39, 0.29) is 11.4 Å². The van der Waals surface area contributed by atoms with Gasteiger partial charge in [0, 0.05) is 24.2 Å². The van der Waals surface area contributed by atoms with Crippen molar-refractivity contribution >= 4 is 11.6 Å². The number of aromatic nitrogens is 2. The van der Waals surface area contributed by atoms with Crippen LogP contribution in [0.3, 0.4) is 0 Å². The molecule has 0 bridgehead atoms. The van der Waals surface area contributed by atoms with Crippen molar-refractivity contribution in [2.75, 3.05) is 23.7 Å². The molecule has 0 amide bonds. The Kier molecular flexibility index (Phi) is 5.28. The molecule has 7 heteroatoms. The molecule has 0 radical (unpaired) electrons. The Morgan fingerprint density at radius 2 is 1.60 bits per heavy atom. The first-order valence-electron chi connectivity index (χ1n) is 9.74. The molecule has 2 aromatic heterocycles. The minimum Gasteiger partial charge on any atom is -0.383 e. The number of pyridine rings is 2. The van der Waals surface area contributed by atoms with Crippen molar-refractivity contribution in [1.82, 2.24) is 9.97 Å². The SMILES string of the molecule is N#Cc1c(N)nc(N2CCCCC2)c(C#N)c1-c1cccc(-c2cccc(F)n2)c1. The third-order valence-corrected chi connectivity index (χ3v) is 5.25. The van der Waals surface area contributed by atoms with Gasteiger partial charge >= 0.3 is 0 Å². The average molecular weight is 398 g/mol. The second-order valence-electron chi connectivity index (χ2n) is 7.14. The van der Waals surface area contributed by atoms with E-state index >= 15 is 0 Å². The molecule has 6 nitrogen and oxygen atoms in total. The second-order valence-corrected chi connectivity index (χ2v) is 7.14. The summed E-state index contributed by atoms with van der Waals surface area (Å²) in [5.74, 6) is 0.0354. The maximum absolute atomic E-state index is 13.6. The van der Waals surface area contributed by atoms with Gasteiger partial charge in [0.05, 0.1) is 5.69 Å². The van der Waals surface area contributed by atoms with Crippen molar-refractivity contribution in [3.05, 3.63) is 59.5 Å². The fraction of sp³-hybridized carbons (Fsp3) is 0.217. The predicted molar refractivity (Wildman–Crippen MR) is 113 cm³/mol. The van der Waals surface area contributed by atoms with Crippen molar-refractivity contribution in [3.63, 3.8) is 0 Å². The van der Waals surface area contributed by atoms with Crippen LogP contribution in [0.2, 0.25) is 0 Å². The molecule has 30 heavy (non-hydrogen) atoms. The standard InChI is InChI=1S/C23H19FN6/c24-20-9-5-8-19(28-20)15-6-4-7-16(12-15)21-17(13-25)22(27)29-23(18(21)14-26)30-10-2-1-3-11-30/h4-9,12H,1-3,10-11H2,(H2,27,29). The molecule has 3 aromatic rings. The van der Waals surface area contributed by atoms with E-state index in [1.54, 1.807) is 36.4 Å². The number of halogens is 1. The Morgan fingerprint density at radius 1 is 0.900 bits per heavy atom. The van der Waals surface area contributed by atoms with Gasteiger partial charge in [-0.2, -0.15) is 14.9 Å². The van der Waals surface area contributed by atoms with Crippen LogP contribution in [0.1, 0.15) is 30.4 Å². The first kappa shape index (κ1) is 19.4. The molecule has 0 spiro atoms. The minimum atomic E-state index is -0.575. The summed E-state index contributed by atoms with van der Waals surface area (Å²) in [5.41, 5.74) is 8.86. The molecule has 2 N–H and O–H groups in total. The van der Waals surface area contributed by atoms with Crippen LogP contribution < -0.4 is 10.6 Å². The van der Waals surface area contributed by atoms with Gasteiger partial charge in [-0.25, -0.2) is 9.97 Å². The van der Waals surface area contributed by atoms with E-state index in [0.29, 0.717) is 33.8 Å². The molecule has 1 fully saturated rings. The molecule has 0 atom stereocenters. The zero-order chi connectivity index (χ0) is 21.1. The van der Waals surface area contributed by atoms with E-state index < -0.39 is 5.95 Å². The van der Waals surface area contributed by atoms with Gasteiger partial charge in [-0.15, -0.1) is 0 Å². The van der Waals surface area contributed by atoms with Crippen molar-refractivity contribution in [1.29, 1.82) is 10.5 Å². The van der Waals surface area contributed by atoms with Crippen LogP contribution in [0, 0.1) is 28.6 Å². The second kappa shape index (κ2) is 8.18. The number of hydrogen-bond acceptors (Lipinski definition) is 6. The topological polar surface area (TPSA) is 103 Å². The third-order valence-electron chi connectivity index (χ3n) is 5.25. The number of piperidine rings is 1.